The lowest BCUT2D eigenvalue weighted by atomic mass is 10.1. The van der Waals surface area contributed by atoms with Crippen molar-refractivity contribution in [2.45, 2.75) is 12.6 Å². The Morgan fingerprint density at radius 3 is 2.52 bits per heavy atom. The fraction of sp³-hybridized carbons (Fsp3) is 0.231. The highest BCUT2D eigenvalue weighted by molar-refractivity contribution is 7.16. The Hall–Kier alpha value is -1.35. The molecule has 0 spiro atoms. The summed E-state index contributed by atoms with van der Waals surface area (Å²) in [6, 6.07) is 6.92. The third-order valence-corrected chi connectivity index (χ3v) is 4.33. The standard InChI is InChI=1S/C13H14ClNO5S/c14-9-10(20-5-8(16)17)12(13(18)19)21-11(9)6-2-1-3-7(15)4-6/h1-4,8,13,16-19H,5,15H2. The van der Waals surface area contributed by atoms with Gasteiger partial charge in [-0.15, -0.1) is 11.3 Å². The first-order valence-electron chi connectivity index (χ1n) is 5.93. The quantitative estimate of drug-likeness (QED) is 0.417. The van der Waals surface area contributed by atoms with Crippen LogP contribution in [0.5, 0.6) is 5.75 Å². The van der Waals surface area contributed by atoms with Crippen LogP contribution in [0.2, 0.25) is 5.02 Å². The molecule has 1 aromatic heterocycles. The van der Waals surface area contributed by atoms with Crippen molar-refractivity contribution in [3.8, 4) is 16.2 Å². The number of nitrogens with two attached hydrogens (primary N) is 1. The molecule has 2 rings (SSSR count). The highest BCUT2D eigenvalue weighted by Crippen LogP contribution is 2.47. The predicted octanol–water partition coefficient (Wildman–Crippen LogP) is 1.32. The van der Waals surface area contributed by atoms with E-state index in [4.69, 9.17) is 32.3 Å². The van der Waals surface area contributed by atoms with Gasteiger partial charge >= 0.3 is 0 Å². The summed E-state index contributed by atoms with van der Waals surface area (Å²) in [4.78, 5) is 0.632. The number of ether oxygens (including phenoxy) is 1. The molecule has 6 N–H and O–H groups in total. The topological polar surface area (TPSA) is 116 Å². The number of halogens is 1. The van der Waals surface area contributed by atoms with Gasteiger partial charge < -0.3 is 30.9 Å². The second kappa shape index (κ2) is 6.61. The van der Waals surface area contributed by atoms with Crippen LogP contribution in [0.1, 0.15) is 11.2 Å². The van der Waals surface area contributed by atoms with Crippen LogP contribution in [0, 0.1) is 0 Å². The number of rotatable bonds is 5. The monoisotopic (exact) mass is 331 g/mol. The highest BCUT2D eigenvalue weighted by Gasteiger charge is 2.23. The van der Waals surface area contributed by atoms with E-state index in [-0.39, 0.29) is 15.6 Å². The van der Waals surface area contributed by atoms with Crippen molar-refractivity contribution in [2.24, 2.45) is 0 Å². The second-order valence-corrected chi connectivity index (χ2v) is 5.66. The lowest BCUT2D eigenvalue weighted by molar-refractivity contribution is -0.0712. The molecule has 0 unspecified atom stereocenters. The summed E-state index contributed by atoms with van der Waals surface area (Å²) < 4.78 is 5.15. The molecule has 0 amide bonds. The van der Waals surface area contributed by atoms with Crippen molar-refractivity contribution >= 4 is 28.6 Å². The smallest absolute Gasteiger partial charge is 0.191 e. The highest BCUT2D eigenvalue weighted by atomic mass is 35.5. The van der Waals surface area contributed by atoms with Gasteiger partial charge in [-0.05, 0) is 17.7 Å². The van der Waals surface area contributed by atoms with Crippen molar-refractivity contribution in [2.75, 3.05) is 12.3 Å². The molecule has 8 heteroatoms. The van der Waals surface area contributed by atoms with Crippen molar-refractivity contribution in [3.05, 3.63) is 34.2 Å². The number of hydrogen-bond donors (Lipinski definition) is 5. The largest absolute Gasteiger partial charge is 0.485 e. The maximum atomic E-state index is 9.39. The van der Waals surface area contributed by atoms with Gasteiger partial charge in [-0.2, -0.15) is 0 Å². The number of aliphatic hydroxyl groups is 4. The third-order valence-electron chi connectivity index (χ3n) is 2.59. The molecule has 1 aromatic carbocycles. The number of anilines is 1. The normalized spacial score (nSPS) is 11.4. The van der Waals surface area contributed by atoms with Crippen LogP contribution in [-0.4, -0.2) is 33.3 Å². The van der Waals surface area contributed by atoms with E-state index < -0.39 is 19.2 Å². The number of aliphatic hydroxyl groups excluding tert-OH is 2. The predicted molar refractivity (Wildman–Crippen MR) is 80.1 cm³/mol. The van der Waals surface area contributed by atoms with Crippen molar-refractivity contribution in [3.63, 3.8) is 0 Å². The van der Waals surface area contributed by atoms with Crippen LogP contribution in [-0.2, 0) is 0 Å². The minimum atomic E-state index is -1.78. The summed E-state index contributed by atoms with van der Waals surface area (Å²) in [5.41, 5.74) is 6.95. The molecule has 2 aromatic rings. The molecule has 0 fully saturated rings. The molecule has 0 atom stereocenters. The van der Waals surface area contributed by atoms with Crippen molar-refractivity contribution < 1.29 is 25.2 Å². The van der Waals surface area contributed by atoms with E-state index in [0.717, 1.165) is 11.3 Å². The first-order chi connectivity index (χ1) is 9.90. The number of nitrogen functional groups attached to an aromatic ring is 1. The molecule has 0 bridgehead atoms. The molecule has 1 heterocycles. The van der Waals surface area contributed by atoms with E-state index in [2.05, 4.69) is 0 Å². The Morgan fingerprint density at radius 2 is 1.95 bits per heavy atom. The lowest BCUT2D eigenvalue weighted by Crippen LogP contribution is -2.16. The van der Waals surface area contributed by atoms with Crippen molar-refractivity contribution in [1.29, 1.82) is 0 Å². The molecule has 114 valence electrons. The van der Waals surface area contributed by atoms with Gasteiger partial charge in [0.1, 0.15) is 16.5 Å². The molecule has 0 saturated carbocycles. The average molecular weight is 332 g/mol. The van der Waals surface area contributed by atoms with Gasteiger partial charge in [0.25, 0.3) is 0 Å². The fourth-order valence-electron chi connectivity index (χ4n) is 1.74. The number of benzene rings is 1. The maximum absolute atomic E-state index is 9.39. The third kappa shape index (κ3) is 3.65. The lowest BCUT2D eigenvalue weighted by Gasteiger charge is -2.09. The minimum Gasteiger partial charge on any atom is -0.485 e. The van der Waals surface area contributed by atoms with E-state index in [1.165, 1.54) is 0 Å². The van der Waals surface area contributed by atoms with Crippen LogP contribution in [0.3, 0.4) is 0 Å². The van der Waals surface area contributed by atoms with Gasteiger partial charge in [-0.1, -0.05) is 23.7 Å². The minimum absolute atomic E-state index is 0.0159. The van der Waals surface area contributed by atoms with Crippen LogP contribution < -0.4 is 10.5 Å². The summed E-state index contributed by atoms with van der Waals surface area (Å²) >= 11 is 7.23. The SMILES string of the molecule is Nc1cccc(-c2sc(C(O)O)c(OCC(O)O)c2Cl)c1. The van der Waals surface area contributed by atoms with Gasteiger partial charge in [0.05, 0.1) is 4.88 Å². The van der Waals surface area contributed by atoms with E-state index >= 15 is 0 Å². The van der Waals surface area contributed by atoms with Crippen LogP contribution in [0.25, 0.3) is 10.4 Å². The molecule has 0 aliphatic rings. The summed E-state index contributed by atoms with van der Waals surface area (Å²) in [6.07, 6.45) is -3.48. The first-order valence-corrected chi connectivity index (χ1v) is 7.12. The molecule has 6 nitrogen and oxygen atoms in total. The van der Waals surface area contributed by atoms with Gasteiger partial charge in [-0.3, -0.25) is 0 Å². The Labute approximate surface area is 129 Å². The maximum Gasteiger partial charge on any atom is 0.191 e. The van der Waals surface area contributed by atoms with Crippen LogP contribution >= 0.6 is 22.9 Å². The summed E-state index contributed by atoms with van der Waals surface area (Å²) in [5.74, 6) is 0.0159. The van der Waals surface area contributed by atoms with Gasteiger partial charge in [0, 0.05) is 5.69 Å². The molecule has 0 radical (unpaired) electrons. The zero-order valence-electron chi connectivity index (χ0n) is 10.7. The average Bonchev–Trinajstić information content (AvgIpc) is 2.73. The van der Waals surface area contributed by atoms with Crippen LogP contribution in [0.15, 0.2) is 24.3 Å². The van der Waals surface area contributed by atoms with Crippen LogP contribution in [0.4, 0.5) is 5.69 Å². The molecule has 0 saturated heterocycles. The summed E-state index contributed by atoms with van der Waals surface area (Å²) in [5, 5.41) is 36.6. The van der Waals surface area contributed by atoms with E-state index in [0.29, 0.717) is 16.1 Å². The Kier molecular flexibility index (Phi) is 5.04. The molecular formula is C13H14ClNO5S. The zero-order valence-corrected chi connectivity index (χ0v) is 12.3. The first kappa shape index (κ1) is 16.0. The summed E-state index contributed by atoms with van der Waals surface area (Å²) in [7, 11) is 0. The number of thiophene rings is 1. The molecule has 0 aliphatic carbocycles. The second-order valence-electron chi connectivity index (χ2n) is 4.23. The van der Waals surface area contributed by atoms with E-state index in [9.17, 15) is 10.2 Å². The zero-order chi connectivity index (χ0) is 15.6. The van der Waals surface area contributed by atoms with Gasteiger partial charge in [0.2, 0.25) is 0 Å². The van der Waals surface area contributed by atoms with Crippen molar-refractivity contribution in [1.82, 2.24) is 0 Å². The Morgan fingerprint density at radius 1 is 1.24 bits per heavy atom. The van der Waals surface area contributed by atoms with E-state index in [1.807, 2.05) is 0 Å². The summed E-state index contributed by atoms with van der Waals surface area (Å²) in [6.45, 7) is -0.438. The van der Waals surface area contributed by atoms with E-state index in [1.54, 1.807) is 24.3 Å². The molecule has 21 heavy (non-hydrogen) atoms. The molecule has 0 aliphatic heterocycles. The Bertz CT molecular complexity index is 629. The van der Waals surface area contributed by atoms with Gasteiger partial charge in [0.15, 0.2) is 18.3 Å². The molecular weight excluding hydrogens is 318 g/mol. The van der Waals surface area contributed by atoms with Gasteiger partial charge in [-0.25, -0.2) is 0 Å². The Balaban J connectivity index is 2.46. The fourth-order valence-corrected chi connectivity index (χ4v) is 3.18. The number of hydrogen-bond acceptors (Lipinski definition) is 7.